The van der Waals surface area contributed by atoms with Gasteiger partial charge < -0.3 is 19.6 Å². The molecule has 2 heterocycles. The molecular formula is C20H23ClN4O2. The van der Waals surface area contributed by atoms with E-state index in [1.807, 2.05) is 30.3 Å². The molecule has 1 aliphatic heterocycles. The Labute approximate surface area is 162 Å². The predicted octanol–water partition coefficient (Wildman–Crippen LogP) is 3.10. The lowest BCUT2D eigenvalue weighted by molar-refractivity contribution is 0.225. The molecule has 3 aromatic rings. The van der Waals surface area contributed by atoms with Gasteiger partial charge >= 0.3 is 5.69 Å². The maximum absolute atomic E-state index is 11.3. The summed E-state index contributed by atoms with van der Waals surface area (Å²) in [6, 6.07) is 13.7. The summed E-state index contributed by atoms with van der Waals surface area (Å²) in [5.41, 5.74) is 2.61. The van der Waals surface area contributed by atoms with Crippen molar-refractivity contribution in [1.82, 2.24) is 14.9 Å². The van der Waals surface area contributed by atoms with Crippen LogP contribution in [0.15, 0.2) is 47.3 Å². The molecule has 142 valence electrons. The highest BCUT2D eigenvalue weighted by Crippen LogP contribution is 2.20. The summed E-state index contributed by atoms with van der Waals surface area (Å²) >= 11 is 5.96. The molecule has 0 bridgehead atoms. The van der Waals surface area contributed by atoms with Crippen LogP contribution in [0.25, 0.3) is 11.0 Å². The summed E-state index contributed by atoms with van der Waals surface area (Å²) in [6.07, 6.45) is 0.975. The Balaban J connectivity index is 1.19. The fraction of sp³-hybridized carbons (Fsp3) is 0.350. The predicted molar refractivity (Wildman–Crippen MR) is 109 cm³/mol. The maximum Gasteiger partial charge on any atom is 0.323 e. The van der Waals surface area contributed by atoms with E-state index in [0.717, 1.165) is 61.0 Å². The molecule has 0 aliphatic carbocycles. The lowest BCUT2D eigenvalue weighted by atomic mass is 10.2. The SMILES string of the molecule is O=c1[nH]c2ccc(OCCCN3CCN(c4ccc(Cl)cc4)CC3)cc2[nH]1. The molecule has 0 unspecified atom stereocenters. The number of rotatable bonds is 6. The van der Waals surface area contributed by atoms with Crippen molar-refractivity contribution < 1.29 is 4.74 Å². The number of hydrogen-bond donors (Lipinski definition) is 2. The van der Waals surface area contributed by atoms with Crippen molar-refractivity contribution in [2.24, 2.45) is 0 Å². The second kappa shape index (κ2) is 8.06. The van der Waals surface area contributed by atoms with Crippen molar-refractivity contribution >= 4 is 28.3 Å². The second-order valence-corrected chi connectivity index (χ2v) is 7.23. The molecule has 0 amide bonds. The van der Waals surface area contributed by atoms with Gasteiger partial charge in [-0.3, -0.25) is 4.90 Å². The van der Waals surface area contributed by atoms with Crippen LogP contribution in [0.4, 0.5) is 5.69 Å². The topological polar surface area (TPSA) is 64.4 Å². The molecular weight excluding hydrogens is 364 g/mol. The number of aromatic nitrogens is 2. The molecule has 2 N–H and O–H groups in total. The van der Waals surface area contributed by atoms with Gasteiger partial charge in [-0.25, -0.2) is 4.79 Å². The van der Waals surface area contributed by atoms with Crippen molar-refractivity contribution in [3.8, 4) is 5.75 Å². The molecule has 2 aromatic carbocycles. The number of fused-ring (bicyclic) bond motifs is 1. The minimum atomic E-state index is -0.195. The third-order valence-electron chi connectivity index (χ3n) is 4.94. The summed E-state index contributed by atoms with van der Waals surface area (Å²) in [4.78, 5) is 21.7. The van der Waals surface area contributed by atoms with Crippen molar-refractivity contribution in [3.05, 3.63) is 58.0 Å². The summed E-state index contributed by atoms with van der Waals surface area (Å²) in [5, 5.41) is 0.777. The van der Waals surface area contributed by atoms with E-state index in [9.17, 15) is 4.79 Å². The van der Waals surface area contributed by atoms with E-state index < -0.39 is 0 Å². The van der Waals surface area contributed by atoms with Crippen LogP contribution < -0.4 is 15.3 Å². The van der Waals surface area contributed by atoms with Gasteiger partial charge in [0, 0.05) is 49.5 Å². The molecule has 0 spiro atoms. The van der Waals surface area contributed by atoms with Gasteiger partial charge in [-0.2, -0.15) is 0 Å². The molecule has 4 rings (SSSR count). The molecule has 1 fully saturated rings. The molecule has 0 saturated carbocycles. The number of halogens is 1. The number of benzene rings is 2. The summed E-state index contributed by atoms with van der Waals surface area (Å²) in [5.74, 6) is 0.783. The standard InChI is InChI=1S/C20H23ClN4O2/c21-15-2-4-16(5-3-15)25-11-9-24(10-12-25)8-1-13-27-17-6-7-18-19(14-17)23-20(26)22-18/h2-7,14H,1,8-13H2,(H2,22,23,26). The van der Waals surface area contributed by atoms with E-state index in [1.54, 1.807) is 0 Å². The second-order valence-electron chi connectivity index (χ2n) is 6.79. The Morgan fingerprint density at radius 3 is 2.48 bits per heavy atom. The quantitative estimate of drug-likeness (QED) is 0.639. The van der Waals surface area contributed by atoms with E-state index in [1.165, 1.54) is 5.69 Å². The summed E-state index contributed by atoms with van der Waals surface area (Å²) in [7, 11) is 0. The fourth-order valence-corrected chi connectivity index (χ4v) is 3.59. The highest BCUT2D eigenvalue weighted by atomic mass is 35.5. The Morgan fingerprint density at radius 2 is 1.70 bits per heavy atom. The van der Waals surface area contributed by atoms with Gasteiger partial charge in [0.05, 0.1) is 17.6 Å². The van der Waals surface area contributed by atoms with Gasteiger partial charge in [0.25, 0.3) is 0 Å². The zero-order valence-electron chi connectivity index (χ0n) is 15.1. The normalized spacial score (nSPS) is 15.4. The first-order chi connectivity index (χ1) is 13.2. The van der Waals surface area contributed by atoms with Crippen LogP contribution in [0.3, 0.4) is 0 Å². The van der Waals surface area contributed by atoms with Crippen LogP contribution in [0, 0.1) is 0 Å². The molecule has 27 heavy (non-hydrogen) atoms. The number of piperazine rings is 1. The Bertz CT molecular complexity index is 943. The maximum atomic E-state index is 11.3. The average molecular weight is 387 g/mol. The Morgan fingerprint density at radius 1 is 0.963 bits per heavy atom. The first-order valence-electron chi connectivity index (χ1n) is 9.25. The highest BCUT2D eigenvalue weighted by molar-refractivity contribution is 6.30. The molecule has 1 saturated heterocycles. The van der Waals surface area contributed by atoms with Crippen LogP contribution in [-0.4, -0.2) is 54.2 Å². The number of H-pyrrole nitrogens is 2. The lowest BCUT2D eigenvalue weighted by Gasteiger charge is -2.36. The largest absolute Gasteiger partial charge is 0.493 e. The number of anilines is 1. The molecule has 0 radical (unpaired) electrons. The minimum Gasteiger partial charge on any atom is -0.493 e. The zero-order chi connectivity index (χ0) is 18.6. The molecule has 6 nitrogen and oxygen atoms in total. The van der Waals surface area contributed by atoms with Gasteiger partial charge in [-0.15, -0.1) is 0 Å². The smallest absolute Gasteiger partial charge is 0.323 e. The van der Waals surface area contributed by atoms with Crippen molar-refractivity contribution in [3.63, 3.8) is 0 Å². The van der Waals surface area contributed by atoms with E-state index in [0.29, 0.717) is 6.61 Å². The van der Waals surface area contributed by atoms with Gasteiger partial charge in [0.1, 0.15) is 5.75 Å². The third kappa shape index (κ3) is 4.46. The zero-order valence-corrected chi connectivity index (χ0v) is 15.8. The fourth-order valence-electron chi connectivity index (χ4n) is 3.46. The minimum absolute atomic E-state index is 0.195. The average Bonchev–Trinajstić information content (AvgIpc) is 3.06. The molecule has 7 heteroatoms. The van der Waals surface area contributed by atoms with Crippen molar-refractivity contribution in [2.75, 3.05) is 44.2 Å². The number of hydrogen-bond acceptors (Lipinski definition) is 4. The summed E-state index contributed by atoms with van der Waals surface area (Å²) in [6.45, 7) is 5.85. The van der Waals surface area contributed by atoms with Crippen molar-refractivity contribution in [2.45, 2.75) is 6.42 Å². The Hall–Kier alpha value is -2.44. The molecule has 0 atom stereocenters. The van der Waals surface area contributed by atoms with Crippen LogP contribution >= 0.6 is 11.6 Å². The van der Waals surface area contributed by atoms with E-state index in [4.69, 9.17) is 16.3 Å². The van der Waals surface area contributed by atoms with Crippen LogP contribution in [0.1, 0.15) is 6.42 Å². The van der Waals surface area contributed by atoms with Crippen LogP contribution in [0.2, 0.25) is 5.02 Å². The lowest BCUT2D eigenvalue weighted by Crippen LogP contribution is -2.46. The van der Waals surface area contributed by atoms with Crippen molar-refractivity contribution in [1.29, 1.82) is 0 Å². The van der Waals surface area contributed by atoms with Crippen LogP contribution in [-0.2, 0) is 0 Å². The van der Waals surface area contributed by atoms with E-state index >= 15 is 0 Å². The molecule has 1 aromatic heterocycles. The highest BCUT2D eigenvalue weighted by Gasteiger charge is 2.16. The van der Waals surface area contributed by atoms with Gasteiger partial charge in [-0.05, 0) is 42.8 Å². The van der Waals surface area contributed by atoms with Gasteiger partial charge in [-0.1, -0.05) is 11.6 Å². The van der Waals surface area contributed by atoms with Gasteiger partial charge in [0.2, 0.25) is 0 Å². The number of nitrogens with zero attached hydrogens (tertiary/aromatic N) is 2. The van der Waals surface area contributed by atoms with Crippen LogP contribution in [0.5, 0.6) is 5.75 Å². The summed E-state index contributed by atoms with van der Waals surface area (Å²) < 4.78 is 5.83. The van der Waals surface area contributed by atoms with Gasteiger partial charge in [0.15, 0.2) is 0 Å². The monoisotopic (exact) mass is 386 g/mol. The van der Waals surface area contributed by atoms with E-state index in [-0.39, 0.29) is 5.69 Å². The number of ether oxygens (including phenoxy) is 1. The Kier molecular flexibility index (Phi) is 5.36. The number of aromatic amines is 2. The third-order valence-corrected chi connectivity index (χ3v) is 5.19. The number of nitrogens with one attached hydrogen (secondary N) is 2. The number of imidazole rings is 1. The first kappa shape index (κ1) is 17.9. The molecule has 1 aliphatic rings. The van der Waals surface area contributed by atoms with E-state index in [2.05, 4.69) is 31.9 Å². The first-order valence-corrected chi connectivity index (χ1v) is 9.63.